The van der Waals surface area contributed by atoms with E-state index in [2.05, 4.69) is 15.0 Å². The zero-order chi connectivity index (χ0) is 15.2. The first-order valence-electron chi connectivity index (χ1n) is 5.56. The number of nitrogens with zero attached hydrogens (tertiary/aromatic N) is 2. The van der Waals surface area contributed by atoms with E-state index in [1.807, 2.05) is 0 Å². The molecule has 0 amide bonds. The van der Waals surface area contributed by atoms with Crippen molar-refractivity contribution in [2.75, 3.05) is 0 Å². The highest BCUT2D eigenvalue weighted by atomic mass is 17.6. The molecule has 108 valence electrons. The standard InChI is InChI=1S/C12H8N2O7/c15-11-5-1-9(2-6-11)13(17)19-21-20-14(18)10-3-7-12(16)8-4-10/h1-8H. The van der Waals surface area contributed by atoms with Gasteiger partial charge in [0.25, 0.3) is 9.85 Å². The Morgan fingerprint density at radius 3 is 1.33 bits per heavy atom. The molecule has 0 bridgehead atoms. The first kappa shape index (κ1) is 14.2. The fourth-order valence-electron chi connectivity index (χ4n) is 1.29. The van der Waals surface area contributed by atoms with Crippen LogP contribution in [0.2, 0.25) is 0 Å². The predicted molar refractivity (Wildman–Crippen MR) is 61.6 cm³/mol. The van der Waals surface area contributed by atoms with Crippen LogP contribution in [0.15, 0.2) is 48.5 Å². The molecule has 0 saturated heterocycles. The molecule has 21 heavy (non-hydrogen) atoms. The molecule has 0 aromatic heterocycles. The Morgan fingerprint density at radius 1 is 0.667 bits per heavy atom. The van der Waals surface area contributed by atoms with E-state index < -0.39 is 0 Å². The summed E-state index contributed by atoms with van der Waals surface area (Å²) in [5.41, 5.74) is -0.0716. The normalized spacial score (nSPS) is 9.90. The third-order valence-corrected chi connectivity index (χ3v) is 2.29. The third kappa shape index (κ3) is 3.88. The van der Waals surface area contributed by atoms with Gasteiger partial charge in [0.15, 0.2) is 5.04 Å². The summed E-state index contributed by atoms with van der Waals surface area (Å²) < 4.78 is 0. The lowest BCUT2D eigenvalue weighted by Crippen LogP contribution is -2.09. The minimum atomic E-state index is -0.281. The van der Waals surface area contributed by atoms with Crippen LogP contribution in [0.1, 0.15) is 0 Å². The molecule has 0 saturated carbocycles. The first-order valence-corrected chi connectivity index (χ1v) is 5.56. The van der Waals surface area contributed by atoms with E-state index in [1.54, 1.807) is 0 Å². The topological polar surface area (TPSA) is 114 Å². The first-order chi connectivity index (χ1) is 10.1. The van der Waals surface area contributed by atoms with E-state index in [0.717, 1.165) is 24.3 Å². The van der Waals surface area contributed by atoms with Crippen LogP contribution >= 0.6 is 0 Å². The maximum absolute atomic E-state index is 11.3. The van der Waals surface area contributed by atoms with Crippen molar-refractivity contribution in [1.82, 2.24) is 0 Å². The largest absolute Gasteiger partial charge is 0.872 e. The van der Waals surface area contributed by atoms with E-state index in [4.69, 9.17) is 0 Å². The van der Waals surface area contributed by atoms with Crippen molar-refractivity contribution in [3.05, 3.63) is 58.3 Å². The smallest absolute Gasteiger partial charge is 0.320 e. The maximum atomic E-state index is 11.3. The highest BCUT2D eigenvalue weighted by Gasteiger charge is 2.23. The van der Waals surface area contributed by atoms with Crippen LogP contribution in [0.3, 0.4) is 0 Å². The van der Waals surface area contributed by atoms with Crippen molar-refractivity contribution in [3.8, 4) is 11.5 Å². The van der Waals surface area contributed by atoms with E-state index >= 15 is 0 Å². The van der Waals surface area contributed by atoms with Gasteiger partial charge in [0.1, 0.15) is 0 Å². The molecule has 0 heterocycles. The molecule has 2 aromatic rings. The molecule has 2 aromatic carbocycles. The minimum absolute atomic E-state index is 0.0358. The molecular weight excluding hydrogens is 284 g/mol. The quantitative estimate of drug-likeness (QED) is 0.577. The van der Waals surface area contributed by atoms with Crippen LogP contribution < -0.4 is 10.2 Å². The summed E-state index contributed by atoms with van der Waals surface area (Å²) in [5.74, 6) is -0.561. The van der Waals surface area contributed by atoms with Gasteiger partial charge < -0.3 is 10.2 Å². The SMILES string of the molecule is O=[N+](OOO[N+](=O)c1ccc([O-])cc1)c1ccc([O-])cc1. The van der Waals surface area contributed by atoms with Crippen molar-refractivity contribution in [3.63, 3.8) is 0 Å². The van der Waals surface area contributed by atoms with E-state index in [0.29, 0.717) is 0 Å². The number of hydrogen-bond acceptors (Lipinski definition) is 7. The van der Waals surface area contributed by atoms with Crippen LogP contribution in [0.4, 0.5) is 11.4 Å². The van der Waals surface area contributed by atoms with Crippen molar-refractivity contribution >= 4 is 11.4 Å². The molecule has 0 N–H and O–H groups in total. The van der Waals surface area contributed by atoms with Crippen LogP contribution in [0.25, 0.3) is 0 Å². The van der Waals surface area contributed by atoms with Gasteiger partial charge in [-0.25, -0.2) is 0 Å². The Hall–Kier alpha value is -3.20. The van der Waals surface area contributed by atoms with Gasteiger partial charge in [-0.3, -0.25) is 0 Å². The lowest BCUT2D eigenvalue weighted by molar-refractivity contribution is -0.978. The van der Waals surface area contributed by atoms with Crippen molar-refractivity contribution in [2.24, 2.45) is 0 Å². The molecule has 0 aliphatic rings. The van der Waals surface area contributed by atoms with Crippen LogP contribution in [0, 0.1) is 9.81 Å². The Kier molecular flexibility index (Phi) is 4.26. The Morgan fingerprint density at radius 2 is 1.00 bits per heavy atom. The van der Waals surface area contributed by atoms with Gasteiger partial charge in [0.05, 0.1) is 9.81 Å². The Labute approximate surface area is 117 Å². The summed E-state index contributed by atoms with van der Waals surface area (Å²) in [7, 11) is 0. The maximum Gasteiger partial charge on any atom is 0.320 e. The summed E-state index contributed by atoms with van der Waals surface area (Å²) in [4.78, 5) is 30.7. The van der Waals surface area contributed by atoms with Gasteiger partial charge in [-0.2, -0.15) is 0 Å². The summed E-state index contributed by atoms with van der Waals surface area (Å²) in [6.45, 7) is 0. The Balaban J connectivity index is 1.83. The van der Waals surface area contributed by atoms with E-state index in [-0.39, 0.29) is 32.7 Å². The molecule has 0 atom stereocenters. The number of rotatable bonds is 6. The van der Waals surface area contributed by atoms with Gasteiger partial charge in [-0.15, -0.1) is 11.5 Å². The van der Waals surface area contributed by atoms with Gasteiger partial charge in [-0.1, -0.05) is 24.3 Å². The molecule has 9 nitrogen and oxygen atoms in total. The molecule has 0 fully saturated rings. The zero-order valence-corrected chi connectivity index (χ0v) is 10.4. The molecule has 0 aliphatic heterocycles. The van der Waals surface area contributed by atoms with Crippen LogP contribution in [-0.4, -0.2) is 9.85 Å². The van der Waals surface area contributed by atoms with E-state index in [1.165, 1.54) is 24.3 Å². The second-order valence-corrected chi connectivity index (χ2v) is 3.72. The molecule has 0 aliphatic carbocycles. The molecule has 0 spiro atoms. The summed E-state index contributed by atoms with van der Waals surface area (Å²) in [6.07, 6.45) is 0. The molecule has 0 radical (unpaired) electrons. The fraction of sp³-hybridized carbons (Fsp3) is 0. The van der Waals surface area contributed by atoms with Gasteiger partial charge in [0, 0.05) is 34.2 Å². The predicted octanol–water partition coefficient (Wildman–Crippen LogP) is 1.06. The summed E-state index contributed by atoms with van der Waals surface area (Å²) in [5, 5.41) is 25.7. The highest BCUT2D eigenvalue weighted by Crippen LogP contribution is 2.17. The highest BCUT2D eigenvalue weighted by molar-refractivity contribution is 5.34. The third-order valence-electron chi connectivity index (χ3n) is 2.29. The lowest BCUT2D eigenvalue weighted by Gasteiger charge is -2.00. The minimum Gasteiger partial charge on any atom is -0.872 e. The lowest BCUT2D eigenvalue weighted by atomic mass is 10.3. The monoisotopic (exact) mass is 292 g/mol. The van der Waals surface area contributed by atoms with E-state index in [9.17, 15) is 20.0 Å². The average molecular weight is 292 g/mol. The molecular formula is C12H8N2O7. The fourth-order valence-corrected chi connectivity index (χ4v) is 1.29. The van der Waals surface area contributed by atoms with Crippen LogP contribution in [0.5, 0.6) is 11.5 Å². The van der Waals surface area contributed by atoms with Crippen molar-refractivity contribution in [2.45, 2.75) is 0 Å². The van der Waals surface area contributed by atoms with Gasteiger partial charge in [0.2, 0.25) is 0 Å². The second-order valence-electron chi connectivity index (χ2n) is 3.72. The van der Waals surface area contributed by atoms with Crippen LogP contribution in [-0.2, 0) is 15.0 Å². The van der Waals surface area contributed by atoms with Crippen molar-refractivity contribution in [1.29, 1.82) is 0 Å². The Bertz CT molecular complexity index is 582. The second kappa shape index (κ2) is 6.30. The zero-order valence-electron chi connectivity index (χ0n) is 10.4. The number of benzene rings is 2. The van der Waals surface area contributed by atoms with Gasteiger partial charge >= 0.3 is 11.4 Å². The molecule has 9 heteroatoms. The number of hydrogen-bond donors (Lipinski definition) is 0. The van der Waals surface area contributed by atoms with Crippen molar-refractivity contribution < 1.29 is 35.1 Å². The molecule has 2 rings (SSSR count). The average Bonchev–Trinajstić information content (AvgIpc) is 2.48. The molecule has 0 unspecified atom stereocenters. The van der Waals surface area contributed by atoms with Gasteiger partial charge in [-0.05, 0) is 0 Å². The summed E-state index contributed by atoms with van der Waals surface area (Å²) >= 11 is 0. The summed E-state index contributed by atoms with van der Waals surface area (Å²) in [6, 6.07) is 9.37.